The highest BCUT2D eigenvalue weighted by Gasteiger charge is 2.43. The van der Waals surface area contributed by atoms with Crippen LogP contribution in [-0.4, -0.2) is 31.7 Å². The van der Waals surface area contributed by atoms with E-state index in [0.717, 1.165) is 24.1 Å². The molecule has 0 saturated heterocycles. The molecule has 0 spiro atoms. The molecule has 2 atom stereocenters. The first kappa shape index (κ1) is 16.4. The van der Waals surface area contributed by atoms with Gasteiger partial charge >= 0.3 is 5.97 Å². The number of allylic oxidation sites excluding steroid dienone is 1. The molecule has 1 fully saturated rings. The number of hydrogen-bond acceptors (Lipinski definition) is 5. The molecule has 0 bridgehead atoms. The van der Waals surface area contributed by atoms with Gasteiger partial charge in [0.25, 0.3) is 0 Å². The number of fused-ring (bicyclic) bond motifs is 1. The van der Waals surface area contributed by atoms with Crippen LogP contribution < -0.4 is 4.74 Å². The van der Waals surface area contributed by atoms with Crippen molar-refractivity contribution in [2.45, 2.75) is 32.1 Å². The third-order valence-corrected chi connectivity index (χ3v) is 4.77. The van der Waals surface area contributed by atoms with Crippen LogP contribution in [0.2, 0.25) is 0 Å². The summed E-state index contributed by atoms with van der Waals surface area (Å²) in [6.45, 7) is 1.81. The lowest BCUT2D eigenvalue weighted by Gasteiger charge is -2.35. The molecular formula is C19H21NO4. The fourth-order valence-corrected chi connectivity index (χ4v) is 3.69. The van der Waals surface area contributed by atoms with Crippen molar-refractivity contribution >= 4 is 17.5 Å². The molecule has 0 N–H and O–H groups in total. The van der Waals surface area contributed by atoms with Gasteiger partial charge in [0.1, 0.15) is 11.5 Å². The van der Waals surface area contributed by atoms with Gasteiger partial charge in [0.2, 0.25) is 0 Å². The zero-order valence-electron chi connectivity index (χ0n) is 14.2. The van der Waals surface area contributed by atoms with Crippen LogP contribution in [0, 0.1) is 5.92 Å². The largest absolute Gasteiger partial charge is 0.497 e. The monoisotopic (exact) mass is 327 g/mol. The lowest BCUT2D eigenvalue weighted by Crippen LogP contribution is -2.39. The summed E-state index contributed by atoms with van der Waals surface area (Å²) in [6, 6.07) is 7.52. The van der Waals surface area contributed by atoms with Gasteiger partial charge in [-0.1, -0.05) is 12.1 Å². The molecule has 0 aromatic heterocycles. The fraction of sp³-hybridized carbons (Fsp3) is 0.421. The second-order valence-corrected chi connectivity index (χ2v) is 6.15. The summed E-state index contributed by atoms with van der Waals surface area (Å²) in [6.07, 6.45) is 2.14. The van der Waals surface area contributed by atoms with Crippen molar-refractivity contribution < 1.29 is 19.1 Å². The van der Waals surface area contributed by atoms with Gasteiger partial charge in [0.05, 0.1) is 25.7 Å². The number of ether oxygens (including phenoxy) is 2. The smallest absolute Gasteiger partial charge is 0.336 e. The topological polar surface area (TPSA) is 65.0 Å². The predicted octanol–water partition coefficient (Wildman–Crippen LogP) is 3.05. The van der Waals surface area contributed by atoms with Crippen molar-refractivity contribution in [2.24, 2.45) is 10.9 Å². The number of Topliss-reactive ketones (excluding diaryl/α,β-unsaturated/α-hetero) is 1. The molecule has 1 aliphatic heterocycles. The van der Waals surface area contributed by atoms with E-state index in [0.29, 0.717) is 23.4 Å². The van der Waals surface area contributed by atoms with Gasteiger partial charge in [0.15, 0.2) is 0 Å². The van der Waals surface area contributed by atoms with Gasteiger partial charge in [-0.3, -0.25) is 9.79 Å². The number of carbonyl (C=O) groups is 2. The van der Waals surface area contributed by atoms with Crippen molar-refractivity contribution in [3.05, 3.63) is 41.1 Å². The average molecular weight is 327 g/mol. The standard InChI is InChI=1S/C19H21NO4/c1-11-16(19(22)24-3)17(12-6-4-7-13(10-12)23-2)18-14(20-11)8-5-9-15(18)21/h4,6-7,10,17-18H,5,8-9H2,1-3H3. The average Bonchev–Trinajstić information content (AvgIpc) is 2.60. The molecule has 2 unspecified atom stereocenters. The number of nitrogens with zero attached hydrogens (tertiary/aromatic N) is 1. The van der Waals surface area contributed by atoms with Gasteiger partial charge in [-0.2, -0.15) is 0 Å². The van der Waals surface area contributed by atoms with Gasteiger partial charge in [0, 0.05) is 23.7 Å². The Hall–Kier alpha value is -2.43. The zero-order valence-corrected chi connectivity index (χ0v) is 14.2. The highest BCUT2D eigenvalue weighted by molar-refractivity contribution is 6.11. The summed E-state index contributed by atoms with van der Waals surface area (Å²) in [5.74, 6) is -0.346. The van der Waals surface area contributed by atoms with E-state index in [-0.39, 0.29) is 17.6 Å². The summed E-state index contributed by atoms with van der Waals surface area (Å²) in [5.41, 5.74) is 2.86. The number of esters is 1. The molecule has 1 aromatic rings. The zero-order chi connectivity index (χ0) is 17.3. The molecule has 2 aliphatic rings. The van der Waals surface area contributed by atoms with E-state index in [1.165, 1.54) is 7.11 Å². The summed E-state index contributed by atoms with van der Waals surface area (Å²) in [7, 11) is 2.95. The number of methoxy groups -OCH3 is 2. The van der Waals surface area contributed by atoms with Crippen LogP contribution in [-0.2, 0) is 14.3 Å². The van der Waals surface area contributed by atoms with Crippen molar-refractivity contribution in [1.82, 2.24) is 0 Å². The number of benzene rings is 1. The first-order valence-corrected chi connectivity index (χ1v) is 8.10. The highest BCUT2D eigenvalue weighted by Crippen LogP contribution is 2.43. The highest BCUT2D eigenvalue weighted by atomic mass is 16.5. The van der Waals surface area contributed by atoms with Crippen molar-refractivity contribution in [3.8, 4) is 5.75 Å². The quantitative estimate of drug-likeness (QED) is 0.800. The maximum absolute atomic E-state index is 12.6. The van der Waals surface area contributed by atoms with Crippen molar-refractivity contribution in [2.75, 3.05) is 14.2 Å². The molecule has 0 radical (unpaired) electrons. The van der Waals surface area contributed by atoms with E-state index in [1.807, 2.05) is 31.2 Å². The fourth-order valence-electron chi connectivity index (χ4n) is 3.69. The minimum Gasteiger partial charge on any atom is -0.497 e. The molecule has 0 amide bonds. The Morgan fingerprint density at radius 1 is 1.21 bits per heavy atom. The molecule has 1 aromatic carbocycles. The summed E-state index contributed by atoms with van der Waals surface area (Å²) in [4.78, 5) is 29.6. The number of aliphatic imine (C=N–C) groups is 1. The van der Waals surface area contributed by atoms with Gasteiger partial charge in [-0.05, 0) is 37.5 Å². The molecule has 1 saturated carbocycles. The van der Waals surface area contributed by atoms with Gasteiger partial charge in [-0.15, -0.1) is 0 Å². The second-order valence-electron chi connectivity index (χ2n) is 6.15. The molecule has 5 nitrogen and oxygen atoms in total. The second kappa shape index (κ2) is 6.59. The maximum atomic E-state index is 12.6. The minimum absolute atomic E-state index is 0.140. The Morgan fingerprint density at radius 3 is 2.71 bits per heavy atom. The SMILES string of the molecule is COC(=O)C1=C(C)N=C2CCCC(=O)C2C1c1cccc(OC)c1. The Kier molecular flexibility index (Phi) is 4.51. The van der Waals surface area contributed by atoms with Crippen molar-refractivity contribution in [3.63, 3.8) is 0 Å². The van der Waals surface area contributed by atoms with Crippen LogP contribution in [0.25, 0.3) is 0 Å². The van der Waals surface area contributed by atoms with Crippen LogP contribution in [0.1, 0.15) is 37.7 Å². The Labute approximate surface area is 141 Å². The molecule has 1 heterocycles. The number of hydrogen-bond donors (Lipinski definition) is 0. The van der Waals surface area contributed by atoms with E-state index in [4.69, 9.17) is 9.47 Å². The number of rotatable bonds is 3. The number of ketones is 1. The Bertz CT molecular complexity index is 747. The third-order valence-electron chi connectivity index (χ3n) is 4.77. The maximum Gasteiger partial charge on any atom is 0.336 e. The van der Waals surface area contributed by atoms with E-state index < -0.39 is 5.97 Å². The molecular weight excluding hydrogens is 306 g/mol. The van der Waals surface area contributed by atoms with Crippen LogP contribution in [0.4, 0.5) is 0 Å². The summed E-state index contributed by atoms with van der Waals surface area (Å²) < 4.78 is 10.3. The molecule has 3 rings (SSSR count). The molecule has 1 aliphatic carbocycles. The number of carbonyl (C=O) groups excluding carboxylic acids is 2. The first-order valence-electron chi connectivity index (χ1n) is 8.10. The van der Waals surface area contributed by atoms with Crippen LogP contribution in [0.3, 0.4) is 0 Å². The van der Waals surface area contributed by atoms with E-state index >= 15 is 0 Å². The van der Waals surface area contributed by atoms with Crippen LogP contribution in [0.15, 0.2) is 40.5 Å². The Morgan fingerprint density at radius 2 is 2.00 bits per heavy atom. The molecule has 5 heteroatoms. The van der Waals surface area contributed by atoms with Crippen LogP contribution >= 0.6 is 0 Å². The van der Waals surface area contributed by atoms with Crippen molar-refractivity contribution in [1.29, 1.82) is 0 Å². The van der Waals surface area contributed by atoms with E-state index in [2.05, 4.69) is 4.99 Å². The predicted molar refractivity (Wildman–Crippen MR) is 90.2 cm³/mol. The van der Waals surface area contributed by atoms with E-state index in [9.17, 15) is 9.59 Å². The van der Waals surface area contributed by atoms with Gasteiger partial charge < -0.3 is 9.47 Å². The lowest BCUT2D eigenvalue weighted by atomic mass is 9.69. The summed E-state index contributed by atoms with van der Waals surface area (Å²) in [5, 5.41) is 0. The Balaban J connectivity index is 2.18. The third kappa shape index (κ3) is 2.75. The summed E-state index contributed by atoms with van der Waals surface area (Å²) >= 11 is 0. The lowest BCUT2D eigenvalue weighted by molar-refractivity contribution is -0.136. The molecule has 126 valence electrons. The van der Waals surface area contributed by atoms with Crippen LogP contribution in [0.5, 0.6) is 5.75 Å². The molecule has 24 heavy (non-hydrogen) atoms. The van der Waals surface area contributed by atoms with E-state index in [1.54, 1.807) is 7.11 Å². The first-order chi connectivity index (χ1) is 11.6. The minimum atomic E-state index is -0.429. The van der Waals surface area contributed by atoms with Gasteiger partial charge in [-0.25, -0.2) is 4.79 Å². The normalized spacial score (nSPS) is 23.5.